The average Bonchev–Trinajstić information content (AvgIpc) is 3.25. The summed E-state index contributed by atoms with van der Waals surface area (Å²) in [5.41, 5.74) is 0.00202. The lowest BCUT2D eigenvalue weighted by Gasteiger charge is -2.09. The van der Waals surface area contributed by atoms with Crippen LogP contribution < -0.4 is 15.6 Å². The molecule has 0 radical (unpaired) electrons. The molecule has 0 aliphatic heterocycles. The second kappa shape index (κ2) is 10.4. The molecule has 0 bridgehead atoms. The molecule has 2 heterocycles. The third-order valence-corrected chi connectivity index (χ3v) is 7.03. The summed E-state index contributed by atoms with van der Waals surface area (Å²) in [6, 6.07) is 14.9. The van der Waals surface area contributed by atoms with E-state index in [2.05, 4.69) is 10.3 Å². The Morgan fingerprint density at radius 2 is 1.85 bits per heavy atom. The van der Waals surface area contributed by atoms with Gasteiger partial charge in [-0.3, -0.25) is 24.3 Å². The normalized spacial score (nSPS) is 10.9. The predicted octanol–water partition coefficient (Wildman–Crippen LogP) is 6.05. The number of aryl methyl sites for hydroxylation is 1. The van der Waals surface area contributed by atoms with E-state index in [0.717, 1.165) is 17.4 Å². The minimum absolute atomic E-state index is 0.0320. The highest BCUT2D eigenvalue weighted by Gasteiger charge is 2.21. The van der Waals surface area contributed by atoms with E-state index >= 15 is 0 Å². The van der Waals surface area contributed by atoms with Crippen molar-refractivity contribution in [3.8, 4) is 11.5 Å². The Hall–Kier alpha value is -4.97. The standard InChI is InChI=1S/C27H18F2N4O5S/c1-15-23-26(30-14-32(27(23)35)13-16-4-2-3-5-22(16)29)39-24(15)25(34)31-18-10-19(33(36)37)12-21(11-18)38-20-8-6-17(28)7-9-20/h2-12,14H,13H2,1H3,(H,31,34). The Morgan fingerprint density at radius 3 is 2.56 bits per heavy atom. The third kappa shape index (κ3) is 5.36. The number of benzene rings is 3. The molecule has 196 valence electrons. The molecule has 0 unspecified atom stereocenters. The quantitative estimate of drug-likeness (QED) is 0.196. The van der Waals surface area contributed by atoms with Gasteiger partial charge in [-0.2, -0.15) is 0 Å². The van der Waals surface area contributed by atoms with Gasteiger partial charge < -0.3 is 10.1 Å². The number of carbonyl (C=O) groups is 1. The number of nitro benzene ring substituents is 1. The number of hydrogen-bond donors (Lipinski definition) is 1. The summed E-state index contributed by atoms with van der Waals surface area (Å²) < 4.78 is 34.2. The molecule has 9 nitrogen and oxygen atoms in total. The number of carbonyl (C=O) groups excluding carboxylic acids is 1. The largest absolute Gasteiger partial charge is 0.457 e. The average molecular weight is 549 g/mol. The van der Waals surface area contributed by atoms with Crippen LogP contribution in [0.4, 0.5) is 20.2 Å². The van der Waals surface area contributed by atoms with Crippen LogP contribution in [-0.2, 0) is 6.54 Å². The number of anilines is 1. The zero-order valence-corrected chi connectivity index (χ0v) is 21.0. The van der Waals surface area contributed by atoms with Crippen LogP contribution in [-0.4, -0.2) is 20.4 Å². The number of nitrogens with one attached hydrogen (secondary N) is 1. The second-order valence-electron chi connectivity index (χ2n) is 8.49. The summed E-state index contributed by atoms with van der Waals surface area (Å²) >= 11 is 0.991. The molecule has 1 amide bonds. The lowest BCUT2D eigenvalue weighted by Crippen LogP contribution is -2.21. The molecule has 5 rings (SSSR count). The van der Waals surface area contributed by atoms with Crippen molar-refractivity contribution in [2.45, 2.75) is 13.5 Å². The van der Waals surface area contributed by atoms with Crippen molar-refractivity contribution in [3.63, 3.8) is 0 Å². The number of fused-ring (bicyclic) bond motifs is 1. The summed E-state index contributed by atoms with van der Waals surface area (Å²) in [5, 5.41) is 14.3. The molecule has 39 heavy (non-hydrogen) atoms. The lowest BCUT2D eigenvalue weighted by molar-refractivity contribution is -0.384. The zero-order valence-electron chi connectivity index (χ0n) is 20.2. The Bertz CT molecular complexity index is 1800. The highest BCUT2D eigenvalue weighted by Crippen LogP contribution is 2.32. The first-order valence-corrected chi connectivity index (χ1v) is 12.3. The van der Waals surface area contributed by atoms with Crippen LogP contribution in [0.3, 0.4) is 0 Å². The number of thiophene rings is 1. The van der Waals surface area contributed by atoms with Gasteiger partial charge in [0.1, 0.15) is 28.0 Å². The predicted molar refractivity (Wildman–Crippen MR) is 142 cm³/mol. The van der Waals surface area contributed by atoms with E-state index in [-0.39, 0.29) is 39.7 Å². The topological polar surface area (TPSA) is 116 Å². The van der Waals surface area contributed by atoms with Gasteiger partial charge in [0.25, 0.3) is 17.2 Å². The van der Waals surface area contributed by atoms with Gasteiger partial charge in [-0.15, -0.1) is 11.3 Å². The summed E-state index contributed by atoms with van der Waals surface area (Å²) in [7, 11) is 0. The van der Waals surface area contributed by atoms with Crippen LogP contribution in [0.5, 0.6) is 11.5 Å². The summed E-state index contributed by atoms with van der Waals surface area (Å²) in [6.07, 6.45) is 1.30. The molecular weight excluding hydrogens is 530 g/mol. The number of ether oxygens (including phenoxy) is 1. The number of amides is 1. The van der Waals surface area contributed by atoms with Gasteiger partial charge in [-0.1, -0.05) is 18.2 Å². The third-order valence-electron chi connectivity index (χ3n) is 5.83. The van der Waals surface area contributed by atoms with E-state index in [1.54, 1.807) is 25.1 Å². The van der Waals surface area contributed by atoms with Gasteiger partial charge in [0.15, 0.2) is 0 Å². The fourth-order valence-corrected chi connectivity index (χ4v) is 4.98. The summed E-state index contributed by atoms with van der Waals surface area (Å²) in [4.78, 5) is 42.0. The van der Waals surface area contributed by atoms with Gasteiger partial charge in [0, 0.05) is 17.7 Å². The van der Waals surface area contributed by atoms with Crippen molar-refractivity contribution in [2.75, 3.05) is 5.32 Å². The number of nitrogens with zero attached hydrogens (tertiary/aromatic N) is 3. The molecule has 1 N–H and O–H groups in total. The first-order chi connectivity index (χ1) is 18.7. The number of aromatic nitrogens is 2. The Labute approximate surface area is 223 Å². The number of nitro groups is 1. The molecule has 0 atom stereocenters. The lowest BCUT2D eigenvalue weighted by atomic mass is 10.2. The number of rotatable bonds is 7. The second-order valence-corrected chi connectivity index (χ2v) is 9.49. The van der Waals surface area contributed by atoms with Gasteiger partial charge >= 0.3 is 0 Å². The molecule has 0 fully saturated rings. The van der Waals surface area contributed by atoms with Crippen LogP contribution >= 0.6 is 11.3 Å². The highest BCUT2D eigenvalue weighted by atomic mass is 32.1. The smallest absolute Gasteiger partial charge is 0.275 e. The van der Waals surface area contributed by atoms with Crippen molar-refractivity contribution >= 4 is 38.8 Å². The van der Waals surface area contributed by atoms with Crippen LogP contribution in [0.15, 0.2) is 77.9 Å². The summed E-state index contributed by atoms with van der Waals surface area (Å²) in [5.74, 6) is -1.24. The van der Waals surface area contributed by atoms with Gasteiger partial charge in [-0.05, 0) is 42.8 Å². The summed E-state index contributed by atoms with van der Waals surface area (Å²) in [6.45, 7) is 1.57. The van der Waals surface area contributed by atoms with E-state index in [1.165, 1.54) is 53.4 Å². The SMILES string of the molecule is Cc1c(C(=O)Nc2cc(Oc3ccc(F)cc3)cc([N+](=O)[O-])c2)sc2ncn(Cc3ccccc3F)c(=O)c12. The minimum atomic E-state index is -0.639. The molecule has 5 aromatic rings. The fraction of sp³-hybridized carbons (Fsp3) is 0.0741. The minimum Gasteiger partial charge on any atom is -0.457 e. The van der Waals surface area contributed by atoms with Crippen LogP contribution in [0.25, 0.3) is 10.2 Å². The van der Waals surface area contributed by atoms with E-state index < -0.39 is 28.0 Å². The number of halogens is 2. The molecule has 0 saturated carbocycles. The van der Waals surface area contributed by atoms with Crippen molar-refractivity contribution < 1.29 is 23.2 Å². The maximum atomic E-state index is 14.1. The van der Waals surface area contributed by atoms with E-state index in [0.29, 0.717) is 16.0 Å². The Morgan fingerprint density at radius 1 is 1.10 bits per heavy atom. The monoisotopic (exact) mass is 548 g/mol. The van der Waals surface area contributed by atoms with E-state index in [9.17, 15) is 28.5 Å². The van der Waals surface area contributed by atoms with Crippen molar-refractivity contribution in [3.05, 3.63) is 121 Å². The molecular formula is C27H18F2N4O5S. The Balaban J connectivity index is 1.45. The molecule has 0 saturated heterocycles. The number of non-ortho nitro benzene ring substituents is 1. The van der Waals surface area contributed by atoms with Crippen LogP contribution in [0, 0.1) is 28.7 Å². The van der Waals surface area contributed by atoms with Gasteiger partial charge in [0.05, 0.1) is 39.8 Å². The maximum Gasteiger partial charge on any atom is 0.275 e. The molecule has 3 aromatic carbocycles. The van der Waals surface area contributed by atoms with Crippen LogP contribution in [0.1, 0.15) is 20.8 Å². The van der Waals surface area contributed by atoms with Crippen molar-refractivity contribution in [2.24, 2.45) is 0 Å². The first-order valence-electron chi connectivity index (χ1n) is 11.5. The highest BCUT2D eigenvalue weighted by molar-refractivity contribution is 7.20. The van der Waals surface area contributed by atoms with Gasteiger partial charge in [0.2, 0.25) is 0 Å². The fourth-order valence-electron chi connectivity index (χ4n) is 3.94. The Kier molecular flexibility index (Phi) is 6.86. The van der Waals surface area contributed by atoms with Gasteiger partial charge in [-0.25, -0.2) is 13.8 Å². The van der Waals surface area contributed by atoms with E-state index in [4.69, 9.17) is 4.74 Å². The molecule has 0 aliphatic carbocycles. The molecule has 12 heteroatoms. The first kappa shape index (κ1) is 25.7. The van der Waals surface area contributed by atoms with Crippen molar-refractivity contribution in [1.82, 2.24) is 9.55 Å². The maximum absolute atomic E-state index is 14.1. The van der Waals surface area contributed by atoms with Crippen molar-refractivity contribution in [1.29, 1.82) is 0 Å². The number of hydrogen-bond acceptors (Lipinski definition) is 7. The molecule has 0 spiro atoms. The zero-order chi connectivity index (χ0) is 27.7. The molecule has 2 aromatic heterocycles. The molecule has 0 aliphatic rings. The van der Waals surface area contributed by atoms with Crippen LogP contribution in [0.2, 0.25) is 0 Å². The van der Waals surface area contributed by atoms with E-state index in [1.807, 2.05) is 0 Å².